The monoisotopic (exact) mass is 274 g/mol. The predicted molar refractivity (Wildman–Crippen MR) is 64.0 cm³/mol. The summed E-state index contributed by atoms with van der Waals surface area (Å²) in [6.45, 7) is 1.74. The van der Waals surface area contributed by atoms with E-state index in [1.165, 1.54) is 10.9 Å². The highest BCUT2D eigenvalue weighted by atomic mass is 32.2. The lowest BCUT2D eigenvalue weighted by Crippen LogP contribution is -2.14. The van der Waals surface area contributed by atoms with Crippen molar-refractivity contribution in [2.75, 3.05) is 11.5 Å². The summed E-state index contributed by atoms with van der Waals surface area (Å²) in [7, 11) is -3.10. The molecule has 2 rings (SSSR count). The van der Waals surface area contributed by atoms with Gasteiger partial charge in [-0.05, 0) is 0 Å². The second-order valence-electron chi connectivity index (χ2n) is 3.93. The molecule has 0 spiro atoms. The number of fused-ring (bicyclic) bond motifs is 1. The van der Waals surface area contributed by atoms with Gasteiger partial charge in [0.25, 0.3) is 0 Å². The molecule has 0 aliphatic rings. The van der Waals surface area contributed by atoms with E-state index in [0.717, 1.165) is 12.1 Å². The molecule has 98 valence electrons. The van der Waals surface area contributed by atoms with E-state index in [1.54, 1.807) is 6.92 Å². The van der Waals surface area contributed by atoms with Crippen LogP contribution in [-0.4, -0.2) is 29.5 Å². The van der Waals surface area contributed by atoms with Crippen molar-refractivity contribution in [2.24, 2.45) is 0 Å². The molecule has 7 heteroatoms. The average Bonchev–Trinajstić information content (AvgIpc) is 2.70. The minimum Gasteiger partial charge on any atom is -0.329 e. The van der Waals surface area contributed by atoms with E-state index >= 15 is 0 Å². The highest BCUT2D eigenvalue weighted by molar-refractivity contribution is 7.91. The first kappa shape index (κ1) is 12.9. The van der Waals surface area contributed by atoms with Crippen molar-refractivity contribution in [1.82, 2.24) is 9.55 Å². The van der Waals surface area contributed by atoms with Crippen LogP contribution in [0.3, 0.4) is 0 Å². The molecular weight excluding hydrogens is 262 g/mol. The van der Waals surface area contributed by atoms with Gasteiger partial charge in [0.1, 0.15) is 0 Å². The fraction of sp³-hybridized carbons (Fsp3) is 0.364. The molecule has 0 N–H and O–H groups in total. The topological polar surface area (TPSA) is 52.0 Å². The van der Waals surface area contributed by atoms with Crippen LogP contribution in [0.4, 0.5) is 8.78 Å². The smallest absolute Gasteiger partial charge is 0.161 e. The number of halogens is 2. The van der Waals surface area contributed by atoms with Gasteiger partial charge in [-0.2, -0.15) is 0 Å². The summed E-state index contributed by atoms with van der Waals surface area (Å²) in [5.41, 5.74) is 0.697. The van der Waals surface area contributed by atoms with Crippen LogP contribution in [0.5, 0.6) is 0 Å². The first-order valence-electron chi connectivity index (χ1n) is 5.43. The van der Waals surface area contributed by atoms with Gasteiger partial charge in [-0.3, -0.25) is 0 Å². The maximum atomic E-state index is 13.1. The zero-order valence-corrected chi connectivity index (χ0v) is 10.5. The van der Waals surface area contributed by atoms with Crippen LogP contribution in [0.1, 0.15) is 6.92 Å². The Bertz CT molecular complexity index is 680. The molecule has 4 nitrogen and oxygen atoms in total. The number of nitrogens with zero attached hydrogens (tertiary/aromatic N) is 2. The summed E-state index contributed by atoms with van der Waals surface area (Å²) in [6.07, 6.45) is 1.38. The van der Waals surface area contributed by atoms with Crippen molar-refractivity contribution in [3.63, 3.8) is 0 Å². The quantitative estimate of drug-likeness (QED) is 0.853. The van der Waals surface area contributed by atoms with Crippen molar-refractivity contribution in [2.45, 2.75) is 13.5 Å². The third-order valence-electron chi connectivity index (χ3n) is 2.75. The molecule has 0 saturated heterocycles. The molecule has 0 fully saturated rings. The number of hydrogen-bond donors (Lipinski definition) is 0. The fourth-order valence-corrected chi connectivity index (χ4v) is 2.38. The first-order valence-corrected chi connectivity index (χ1v) is 7.25. The van der Waals surface area contributed by atoms with Crippen molar-refractivity contribution >= 4 is 20.9 Å². The Labute approximate surface area is 103 Å². The summed E-state index contributed by atoms with van der Waals surface area (Å²) in [4.78, 5) is 3.91. The number of hydrogen-bond acceptors (Lipinski definition) is 3. The Morgan fingerprint density at radius 3 is 2.61 bits per heavy atom. The largest absolute Gasteiger partial charge is 0.329 e. The van der Waals surface area contributed by atoms with Crippen LogP contribution in [0, 0.1) is 11.6 Å². The molecule has 0 atom stereocenters. The number of aryl methyl sites for hydroxylation is 1. The Balaban J connectivity index is 2.33. The van der Waals surface area contributed by atoms with E-state index in [0.29, 0.717) is 11.0 Å². The van der Waals surface area contributed by atoms with Crippen LogP contribution in [0.2, 0.25) is 0 Å². The highest BCUT2D eigenvalue weighted by Gasteiger charge is 2.12. The van der Waals surface area contributed by atoms with Gasteiger partial charge in [0, 0.05) is 24.4 Å². The first-order chi connectivity index (χ1) is 8.43. The Morgan fingerprint density at radius 1 is 1.28 bits per heavy atom. The van der Waals surface area contributed by atoms with Gasteiger partial charge in [-0.25, -0.2) is 22.2 Å². The van der Waals surface area contributed by atoms with Crippen molar-refractivity contribution in [3.05, 3.63) is 30.1 Å². The lowest BCUT2D eigenvalue weighted by molar-refractivity contribution is 0.510. The molecule has 0 saturated carbocycles. The Morgan fingerprint density at radius 2 is 1.94 bits per heavy atom. The van der Waals surface area contributed by atoms with E-state index in [2.05, 4.69) is 4.98 Å². The summed E-state index contributed by atoms with van der Waals surface area (Å²) in [5, 5.41) is 0. The van der Waals surface area contributed by atoms with Gasteiger partial charge in [-0.15, -0.1) is 0 Å². The molecular formula is C11H12F2N2O2S. The fourth-order valence-electron chi connectivity index (χ4n) is 1.61. The van der Waals surface area contributed by atoms with Crippen molar-refractivity contribution in [3.8, 4) is 0 Å². The molecule has 0 amide bonds. The van der Waals surface area contributed by atoms with Crippen LogP contribution >= 0.6 is 0 Å². The molecule has 1 aromatic carbocycles. The molecule has 0 aliphatic heterocycles. The maximum absolute atomic E-state index is 13.1. The minimum atomic E-state index is -3.10. The zero-order valence-electron chi connectivity index (χ0n) is 9.73. The molecule has 0 bridgehead atoms. The number of benzene rings is 1. The molecule has 1 aromatic heterocycles. The highest BCUT2D eigenvalue weighted by Crippen LogP contribution is 2.17. The Hall–Kier alpha value is -1.50. The van der Waals surface area contributed by atoms with Crippen LogP contribution in [0.15, 0.2) is 18.5 Å². The van der Waals surface area contributed by atoms with E-state index in [9.17, 15) is 17.2 Å². The van der Waals surface area contributed by atoms with Gasteiger partial charge >= 0.3 is 0 Å². The second-order valence-corrected chi connectivity index (χ2v) is 6.40. The van der Waals surface area contributed by atoms with Gasteiger partial charge < -0.3 is 4.57 Å². The molecule has 0 radical (unpaired) electrons. The van der Waals surface area contributed by atoms with E-state index in [-0.39, 0.29) is 18.1 Å². The summed E-state index contributed by atoms with van der Waals surface area (Å²) < 4.78 is 50.4. The molecule has 1 heterocycles. The van der Waals surface area contributed by atoms with Crippen LogP contribution in [0.25, 0.3) is 11.0 Å². The molecule has 0 aliphatic carbocycles. The molecule has 0 unspecified atom stereocenters. The lowest BCUT2D eigenvalue weighted by atomic mass is 10.3. The van der Waals surface area contributed by atoms with Gasteiger partial charge in [0.15, 0.2) is 21.5 Å². The third kappa shape index (κ3) is 2.50. The minimum absolute atomic E-state index is 0.0477. The average molecular weight is 274 g/mol. The SMILES string of the molecule is CCS(=O)(=O)CCn1cnc2cc(F)c(F)cc21. The number of imidazole rings is 1. The van der Waals surface area contributed by atoms with Crippen molar-refractivity contribution < 1.29 is 17.2 Å². The van der Waals surface area contributed by atoms with Crippen molar-refractivity contribution in [1.29, 1.82) is 0 Å². The summed E-state index contributed by atoms with van der Waals surface area (Å²) >= 11 is 0. The normalized spacial score (nSPS) is 12.2. The summed E-state index contributed by atoms with van der Waals surface area (Å²) in [5.74, 6) is -1.92. The van der Waals surface area contributed by atoms with Gasteiger partial charge in [0.05, 0.1) is 23.1 Å². The van der Waals surface area contributed by atoms with Gasteiger partial charge in [-0.1, -0.05) is 6.92 Å². The van der Waals surface area contributed by atoms with E-state index in [4.69, 9.17) is 0 Å². The second kappa shape index (κ2) is 4.64. The molecule has 18 heavy (non-hydrogen) atoms. The van der Waals surface area contributed by atoms with E-state index in [1.807, 2.05) is 0 Å². The molecule has 2 aromatic rings. The number of rotatable bonds is 4. The van der Waals surface area contributed by atoms with Gasteiger partial charge in [0.2, 0.25) is 0 Å². The third-order valence-corrected chi connectivity index (χ3v) is 4.43. The predicted octanol–water partition coefficient (Wildman–Crippen LogP) is 1.75. The van der Waals surface area contributed by atoms with Crippen LogP contribution < -0.4 is 0 Å². The zero-order chi connectivity index (χ0) is 13.3. The van der Waals surface area contributed by atoms with E-state index < -0.39 is 21.5 Å². The van der Waals surface area contributed by atoms with Crippen LogP contribution in [-0.2, 0) is 16.4 Å². The lowest BCUT2D eigenvalue weighted by Gasteiger charge is -2.04. The number of aromatic nitrogens is 2. The summed E-state index contributed by atoms with van der Waals surface area (Å²) in [6, 6.07) is 2.02. The maximum Gasteiger partial charge on any atom is 0.161 e. The Kier molecular flexibility index (Phi) is 3.34. The standard InChI is InChI=1S/C11H12F2N2O2S/c1-2-18(16,17)4-3-15-7-14-10-5-8(12)9(13)6-11(10)15/h5-7H,2-4H2,1H3. The number of sulfone groups is 1.